The van der Waals surface area contributed by atoms with Crippen LogP contribution in [0.25, 0.3) is 0 Å². The summed E-state index contributed by atoms with van der Waals surface area (Å²) in [6.07, 6.45) is 3.67. The Bertz CT molecular complexity index is 402. The van der Waals surface area contributed by atoms with E-state index in [1.165, 1.54) is 18.9 Å². The number of aromatic nitrogens is 1. The van der Waals surface area contributed by atoms with Crippen LogP contribution in [0.4, 0.5) is 11.5 Å². The lowest BCUT2D eigenvalue weighted by molar-refractivity contribution is -0.384. The van der Waals surface area contributed by atoms with E-state index in [9.17, 15) is 10.1 Å². The van der Waals surface area contributed by atoms with Crippen molar-refractivity contribution in [2.45, 2.75) is 26.2 Å². The number of aryl methyl sites for hydroxylation is 1. The van der Waals surface area contributed by atoms with Crippen LogP contribution in [0.3, 0.4) is 0 Å². The first-order valence-electron chi connectivity index (χ1n) is 5.52. The monoisotopic (exact) mass is 221 g/mol. The molecule has 86 valence electrons. The van der Waals surface area contributed by atoms with Gasteiger partial charge in [-0.05, 0) is 25.3 Å². The van der Waals surface area contributed by atoms with Gasteiger partial charge in [-0.25, -0.2) is 4.98 Å². The molecule has 0 unspecified atom stereocenters. The summed E-state index contributed by atoms with van der Waals surface area (Å²) in [5.41, 5.74) is 0.848. The molecule has 1 heterocycles. The molecule has 0 spiro atoms. The third kappa shape index (κ3) is 2.68. The zero-order valence-corrected chi connectivity index (χ0v) is 9.27. The van der Waals surface area contributed by atoms with Gasteiger partial charge in [0.15, 0.2) is 0 Å². The summed E-state index contributed by atoms with van der Waals surface area (Å²) in [7, 11) is 0. The molecular formula is C11H15N3O2. The molecule has 5 heteroatoms. The Morgan fingerprint density at radius 3 is 2.94 bits per heavy atom. The van der Waals surface area contributed by atoms with E-state index >= 15 is 0 Å². The van der Waals surface area contributed by atoms with E-state index < -0.39 is 4.92 Å². The molecule has 1 fully saturated rings. The maximum absolute atomic E-state index is 10.8. The normalized spacial score (nSPS) is 14.8. The van der Waals surface area contributed by atoms with Crippen molar-refractivity contribution < 1.29 is 4.92 Å². The van der Waals surface area contributed by atoms with Crippen molar-refractivity contribution in [2.24, 2.45) is 5.92 Å². The van der Waals surface area contributed by atoms with Crippen LogP contribution in [0.15, 0.2) is 12.1 Å². The van der Waals surface area contributed by atoms with Crippen LogP contribution in [0.2, 0.25) is 0 Å². The van der Waals surface area contributed by atoms with Gasteiger partial charge in [0.25, 0.3) is 0 Å². The summed E-state index contributed by atoms with van der Waals surface area (Å²) in [6.45, 7) is 2.59. The van der Waals surface area contributed by atoms with Gasteiger partial charge in [0.05, 0.1) is 4.92 Å². The van der Waals surface area contributed by atoms with Crippen molar-refractivity contribution in [1.82, 2.24) is 4.98 Å². The summed E-state index contributed by atoms with van der Waals surface area (Å²) >= 11 is 0. The molecule has 0 atom stereocenters. The van der Waals surface area contributed by atoms with Crippen molar-refractivity contribution >= 4 is 11.5 Å². The van der Waals surface area contributed by atoms with Gasteiger partial charge in [0.1, 0.15) is 0 Å². The van der Waals surface area contributed by atoms with Crippen molar-refractivity contribution in [1.29, 1.82) is 0 Å². The second-order valence-electron chi connectivity index (χ2n) is 4.24. The Labute approximate surface area is 94.0 Å². The lowest BCUT2D eigenvalue weighted by Crippen LogP contribution is -2.07. The maximum Gasteiger partial charge on any atom is 0.311 e. The summed E-state index contributed by atoms with van der Waals surface area (Å²) in [4.78, 5) is 14.5. The van der Waals surface area contributed by atoms with Crippen LogP contribution in [-0.4, -0.2) is 16.5 Å². The summed E-state index contributed by atoms with van der Waals surface area (Å²) in [5.74, 6) is 1.21. The Balaban J connectivity index is 2.03. The number of anilines is 1. The van der Waals surface area contributed by atoms with Crippen LogP contribution in [0.1, 0.15) is 25.0 Å². The smallest absolute Gasteiger partial charge is 0.311 e. The van der Waals surface area contributed by atoms with Gasteiger partial charge in [-0.1, -0.05) is 12.8 Å². The lowest BCUT2D eigenvalue weighted by atomic mass is 10.3. The molecule has 5 nitrogen and oxygen atoms in total. The number of hydrogen-bond acceptors (Lipinski definition) is 4. The summed E-state index contributed by atoms with van der Waals surface area (Å²) in [5, 5.41) is 13.8. The largest absolute Gasteiger partial charge is 0.364 e. The minimum Gasteiger partial charge on any atom is -0.364 e. The zero-order valence-electron chi connectivity index (χ0n) is 9.27. The van der Waals surface area contributed by atoms with E-state index in [2.05, 4.69) is 10.3 Å². The Morgan fingerprint density at radius 2 is 2.31 bits per heavy atom. The van der Waals surface area contributed by atoms with Crippen LogP contribution in [0.5, 0.6) is 0 Å². The molecule has 0 bridgehead atoms. The molecule has 1 saturated carbocycles. The molecule has 0 aromatic carbocycles. The van der Waals surface area contributed by atoms with Gasteiger partial charge < -0.3 is 5.32 Å². The first-order chi connectivity index (χ1) is 7.66. The van der Waals surface area contributed by atoms with E-state index in [1.54, 1.807) is 6.07 Å². The number of nitrogens with zero attached hydrogens (tertiary/aromatic N) is 2. The zero-order chi connectivity index (χ0) is 11.5. The summed E-state index contributed by atoms with van der Waals surface area (Å²) < 4.78 is 0. The van der Waals surface area contributed by atoms with Crippen molar-refractivity contribution in [2.75, 3.05) is 11.9 Å². The second-order valence-corrected chi connectivity index (χ2v) is 4.24. The van der Waals surface area contributed by atoms with Gasteiger partial charge in [0.2, 0.25) is 5.82 Å². The van der Waals surface area contributed by atoms with Crippen LogP contribution < -0.4 is 5.32 Å². The highest BCUT2D eigenvalue weighted by atomic mass is 16.6. The molecule has 1 aliphatic carbocycles. The molecule has 0 amide bonds. The van der Waals surface area contributed by atoms with E-state index in [-0.39, 0.29) is 5.69 Å². The van der Waals surface area contributed by atoms with Gasteiger partial charge >= 0.3 is 5.69 Å². The van der Waals surface area contributed by atoms with E-state index in [0.29, 0.717) is 5.82 Å². The fourth-order valence-electron chi connectivity index (χ4n) is 1.63. The number of rotatable bonds is 5. The molecule has 0 radical (unpaired) electrons. The minimum absolute atomic E-state index is 0.0568. The maximum atomic E-state index is 10.8. The Kier molecular flexibility index (Phi) is 3.03. The standard InChI is InChI=1S/C11H15N3O2/c1-8-2-5-10(14(15)16)11(13-8)12-7-6-9-3-4-9/h2,5,9H,3-4,6-7H2,1H3,(H,12,13). The second kappa shape index (κ2) is 4.47. The first kappa shape index (κ1) is 10.9. The molecule has 16 heavy (non-hydrogen) atoms. The average molecular weight is 221 g/mol. The highest BCUT2D eigenvalue weighted by Gasteiger charge is 2.21. The number of pyridine rings is 1. The molecule has 1 aliphatic rings. The van der Waals surface area contributed by atoms with Crippen molar-refractivity contribution in [3.8, 4) is 0 Å². The van der Waals surface area contributed by atoms with Crippen LogP contribution >= 0.6 is 0 Å². The average Bonchev–Trinajstić information content (AvgIpc) is 3.01. The van der Waals surface area contributed by atoms with E-state index in [0.717, 1.165) is 24.6 Å². The lowest BCUT2D eigenvalue weighted by Gasteiger charge is -2.06. The van der Waals surface area contributed by atoms with Crippen molar-refractivity contribution in [3.63, 3.8) is 0 Å². The minimum atomic E-state index is -0.397. The molecule has 2 rings (SSSR count). The van der Waals surface area contributed by atoms with Crippen molar-refractivity contribution in [3.05, 3.63) is 27.9 Å². The van der Waals surface area contributed by atoms with Gasteiger partial charge in [0, 0.05) is 18.3 Å². The molecule has 1 aromatic rings. The highest BCUT2D eigenvalue weighted by molar-refractivity contribution is 5.55. The molecule has 0 saturated heterocycles. The fourth-order valence-corrected chi connectivity index (χ4v) is 1.63. The van der Waals surface area contributed by atoms with Crippen LogP contribution in [-0.2, 0) is 0 Å². The van der Waals surface area contributed by atoms with E-state index in [1.807, 2.05) is 6.92 Å². The molecule has 1 aromatic heterocycles. The number of nitrogens with one attached hydrogen (secondary N) is 1. The number of hydrogen-bond donors (Lipinski definition) is 1. The number of nitro groups is 1. The van der Waals surface area contributed by atoms with Gasteiger partial charge in [-0.3, -0.25) is 10.1 Å². The topological polar surface area (TPSA) is 68.1 Å². The van der Waals surface area contributed by atoms with Crippen LogP contribution in [0, 0.1) is 23.0 Å². The third-order valence-electron chi connectivity index (χ3n) is 2.75. The molecule has 1 N–H and O–H groups in total. The Hall–Kier alpha value is -1.65. The quantitative estimate of drug-likeness (QED) is 0.612. The van der Waals surface area contributed by atoms with Gasteiger partial charge in [-0.15, -0.1) is 0 Å². The first-order valence-corrected chi connectivity index (χ1v) is 5.52. The SMILES string of the molecule is Cc1ccc([N+](=O)[O-])c(NCCC2CC2)n1. The molecule has 0 aliphatic heterocycles. The Morgan fingerprint density at radius 1 is 1.56 bits per heavy atom. The highest BCUT2D eigenvalue weighted by Crippen LogP contribution is 2.32. The molecular weight excluding hydrogens is 206 g/mol. The predicted molar refractivity (Wildman–Crippen MR) is 61.5 cm³/mol. The summed E-state index contributed by atoms with van der Waals surface area (Å²) in [6, 6.07) is 3.16. The van der Waals surface area contributed by atoms with Gasteiger partial charge in [-0.2, -0.15) is 0 Å². The predicted octanol–water partition coefficient (Wildman–Crippen LogP) is 2.51. The fraction of sp³-hybridized carbons (Fsp3) is 0.545. The third-order valence-corrected chi connectivity index (χ3v) is 2.75. The van der Waals surface area contributed by atoms with E-state index in [4.69, 9.17) is 0 Å².